The minimum absolute atomic E-state index is 0.0912. The standard InChI is InChI=1S/C19H22N8O2/c1-26-16-9-12(3-4-15(16)23-25-26)14-5-7-27-17(14)18(28-2)22-19(24-27)21-11-13-10-20-6-8-29-13/h3-5,7,9,13,20H,6,8,10-11H2,1-2H3,(H,21,24). The Labute approximate surface area is 166 Å². The minimum Gasteiger partial charge on any atom is -0.479 e. The van der Waals surface area contributed by atoms with Crippen LogP contribution in [0.1, 0.15) is 0 Å². The van der Waals surface area contributed by atoms with E-state index in [0.717, 1.165) is 40.8 Å². The molecule has 1 saturated heterocycles. The van der Waals surface area contributed by atoms with E-state index in [-0.39, 0.29) is 6.10 Å². The fourth-order valence-corrected chi connectivity index (χ4v) is 3.60. The van der Waals surface area contributed by atoms with Gasteiger partial charge in [0.1, 0.15) is 11.0 Å². The van der Waals surface area contributed by atoms with Crippen molar-refractivity contribution in [2.75, 3.05) is 38.7 Å². The smallest absolute Gasteiger partial charge is 0.244 e. The van der Waals surface area contributed by atoms with Gasteiger partial charge in [-0.25, -0.2) is 9.20 Å². The van der Waals surface area contributed by atoms with Gasteiger partial charge in [-0.15, -0.1) is 10.2 Å². The maximum absolute atomic E-state index is 5.71. The number of hydrogen-bond acceptors (Lipinski definition) is 8. The summed E-state index contributed by atoms with van der Waals surface area (Å²) in [6, 6.07) is 8.05. The van der Waals surface area contributed by atoms with E-state index in [2.05, 4.69) is 37.1 Å². The molecule has 3 aromatic heterocycles. The summed E-state index contributed by atoms with van der Waals surface area (Å²) in [6.45, 7) is 3.04. The Bertz CT molecular complexity index is 1160. The molecule has 4 aromatic rings. The van der Waals surface area contributed by atoms with Crippen molar-refractivity contribution in [2.45, 2.75) is 6.10 Å². The van der Waals surface area contributed by atoms with Gasteiger partial charge in [0.25, 0.3) is 0 Å². The predicted molar refractivity (Wildman–Crippen MR) is 108 cm³/mol. The highest BCUT2D eigenvalue weighted by molar-refractivity contribution is 5.89. The summed E-state index contributed by atoms with van der Waals surface area (Å²) in [4.78, 5) is 4.56. The molecule has 4 heterocycles. The SMILES string of the molecule is COc1nc(NCC2CNCCO2)nn2ccc(-c3ccc4nnn(C)c4c3)c12. The third-order valence-electron chi connectivity index (χ3n) is 5.09. The van der Waals surface area contributed by atoms with Gasteiger partial charge in [-0.3, -0.25) is 0 Å². The average molecular weight is 394 g/mol. The molecular weight excluding hydrogens is 372 g/mol. The Kier molecular flexibility index (Phi) is 4.49. The molecule has 5 rings (SSSR count). The average Bonchev–Trinajstić information content (AvgIpc) is 3.36. The van der Waals surface area contributed by atoms with E-state index in [9.17, 15) is 0 Å². The first kappa shape index (κ1) is 17.8. The summed E-state index contributed by atoms with van der Waals surface area (Å²) in [5.74, 6) is 1.00. The maximum Gasteiger partial charge on any atom is 0.244 e. The van der Waals surface area contributed by atoms with Crippen LogP contribution in [-0.2, 0) is 11.8 Å². The van der Waals surface area contributed by atoms with Crippen LogP contribution in [0.15, 0.2) is 30.5 Å². The Morgan fingerprint density at radius 1 is 1.34 bits per heavy atom. The van der Waals surface area contributed by atoms with Crippen molar-refractivity contribution in [1.29, 1.82) is 0 Å². The Hall–Kier alpha value is -3.24. The van der Waals surface area contributed by atoms with Gasteiger partial charge in [-0.05, 0) is 23.8 Å². The second kappa shape index (κ2) is 7.30. The van der Waals surface area contributed by atoms with E-state index in [1.54, 1.807) is 16.3 Å². The van der Waals surface area contributed by atoms with Crippen LogP contribution >= 0.6 is 0 Å². The molecule has 1 unspecified atom stereocenters. The molecule has 1 aliphatic rings. The molecule has 0 aliphatic carbocycles. The molecule has 1 aromatic carbocycles. The second-order valence-electron chi connectivity index (χ2n) is 6.96. The zero-order valence-electron chi connectivity index (χ0n) is 16.3. The van der Waals surface area contributed by atoms with Crippen molar-refractivity contribution >= 4 is 22.5 Å². The number of rotatable bonds is 5. The molecule has 2 N–H and O–H groups in total. The van der Waals surface area contributed by atoms with E-state index in [0.29, 0.717) is 25.0 Å². The zero-order valence-corrected chi connectivity index (χ0v) is 16.3. The molecule has 1 atom stereocenters. The molecule has 150 valence electrons. The number of nitrogens with zero attached hydrogens (tertiary/aromatic N) is 6. The van der Waals surface area contributed by atoms with Crippen molar-refractivity contribution in [3.63, 3.8) is 0 Å². The first-order chi connectivity index (χ1) is 14.2. The van der Waals surface area contributed by atoms with Crippen molar-refractivity contribution < 1.29 is 9.47 Å². The van der Waals surface area contributed by atoms with Crippen LogP contribution in [0.3, 0.4) is 0 Å². The Morgan fingerprint density at radius 2 is 2.28 bits per heavy atom. The molecule has 10 nitrogen and oxygen atoms in total. The lowest BCUT2D eigenvalue weighted by Crippen LogP contribution is -2.42. The highest BCUT2D eigenvalue weighted by Gasteiger charge is 2.17. The van der Waals surface area contributed by atoms with Crippen LogP contribution in [-0.4, -0.2) is 69.0 Å². The van der Waals surface area contributed by atoms with Gasteiger partial charge in [-0.1, -0.05) is 11.3 Å². The summed E-state index contributed by atoms with van der Waals surface area (Å²) in [5.41, 5.74) is 4.63. The van der Waals surface area contributed by atoms with Gasteiger partial charge in [0.2, 0.25) is 11.8 Å². The summed E-state index contributed by atoms with van der Waals surface area (Å²) in [7, 11) is 3.50. The van der Waals surface area contributed by atoms with Crippen LogP contribution in [0.25, 0.3) is 27.7 Å². The van der Waals surface area contributed by atoms with Gasteiger partial charge >= 0.3 is 0 Å². The molecule has 0 bridgehead atoms. The molecule has 0 spiro atoms. The fraction of sp³-hybridized carbons (Fsp3) is 0.368. The van der Waals surface area contributed by atoms with E-state index in [1.165, 1.54) is 0 Å². The Morgan fingerprint density at radius 3 is 3.10 bits per heavy atom. The van der Waals surface area contributed by atoms with E-state index < -0.39 is 0 Å². The first-order valence-corrected chi connectivity index (χ1v) is 9.52. The number of benzene rings is 1. The van der Waals surface area contributed by atoms with Crippen LogP contribution in [0.5, 0.6) is 5.88 Å². The van der Waals surface area contributed by atoms with Crippen molar-refractivity contribution in [1.82, 2.24) is 34.9 Å². The highest BCUT2D eigenvalue weighted by Crippen LogP contribution is 2.32. The largest absolute Gasteiger partial charge is 0.479 e. The summed E-state index contributed by atoms with van der Waals surface area (Å²) in [5, 5.41) is 19.4. The summed E-state index contributed by atoms with van der Waals surface area (Å²) in [6.07, 6.45) is 2.00. The molecule has 0 saturated carbocycles. The molecule has 10 heteroatoms. The number of morpholine rings is 1. The van der Waals surface area contributed by atoms with Gasteiger partial charge in [0, 0.05) is 38.4 Å². The van der Waals surface area contributed by atoms with Crippen LogP contribution in [0, 0.1) is 0 Å². The molecular formula is C19H22N8O2. The Balaban J connectivity index is 1.49. The predicted octanol–water partition coefficient (Wildman–Crippen LogP) is 1.09. The third-order valence-corrected chi connectivity index (χ3v) is 5.09. The quantitative estimate of drug-likeness (QED) is 0.518. The number of aryl methyl sites for hydroxylation is 1. The number of aromatic nitrogens is 6. The normalized spacial score (nSPS) is 17.1. The van der Waals surface area contributed by atoms with Crippen LogP contribution < -0.4 is 15.4 Å². The van der Waals surface area contributed by atoms with Crippen molar-refractivity contribution in [3.05, 3.63) is 30.5 Å². The van der Waals surface area contributed by atoms with Gasteiger partial charge < -0.3 is 20.1 Å². The lowest BCUT2D eigenvalue weighted by molar-refractivity contribution is 0.0371. The third kappa shape index (κ3) is 3.26. The van der Waals surface area contributed by atoms with E-state index in [4.69, 9.17) is 9.47 Å². The van der Waals surface area contributed by atoms with Gasteiger partial charge in [-0.2, -0.15) is 4.98 Å². The maximum atomic E-state index is 5.71. The number of fused-ring (bicyclic) bond motifs is 2. The molecule has 0 amide bonds. The number of ether oxygens (including phenoxy) is 2. The van der Waals surface area contributed by atoms with Crippen molar-refractivity contribution in [3.8, 4) is 17.0 Å². The topological polar surface area (TPSA) is 103 Å². The summed E-state index contributed by atoms with van der Waals surface area (Å²) < 4.78 is 14.9. The van der Waals surface area contributed by atoms with Crippen LogP contribution in [0.2, 0.25) is 0 Å². The number of hydrogen-bond donors (Lipinski definition) is 2. The molecule has 1 fully saturated rings. The number of nitrogens with one attached hydrogen (secondary N) is 2. The fourth-order valence-electron chi connectivity index (χ4n) is 3.60. The first-order valence-electron chi connectivity index (χ1n) is 9.52. The van der Waals surface area contributed by atoms with Gasteiger partial charge in [0.15, 0.2) is 0 Å². The number of anilines is 1. The van der Waals surface area contributed by atoms with Crippen molar-refractivity contribution in [2.24, 2.45) is 7.05 Å². The lowest BCUT2D eigenvalue weighted by atomic mass is 10.1. The molecule has 29 heavy (non-hydrogen) atoms. The zero-order chi connectivity index (χ0) is 19.8. The van der Waals surface area contributed by atoms with Gasteiger partial charge in [0.05, 0.1) is 25.3 Å². The molecule has 1 aliphatic heterocycles. The van der Waals surface area contributed by atoms with Crippen LogP contribution in [0.4, 0.5) is 5.95 Å². The van der Waals surface area contributed by atoms with E-state index >= 15 is 0 Å². The van der Waals surface area contributed by atoms with E-state index in [1.807, 2.05) is 31.4 Å². The second-order valence-corrected chi connectivity index (χ2v) is 6.96. The summed E-state index contributed by atoms with van der Waals surface area (Å²) >= 11 is 0. The lowest BCUT2D eigenvalue weighted by Gasteiger charge is -2.23. The molecule has 0 radical (unpaired) electrons. The highest BCUT2D eigenvalue weighted by atomic mass is 16.5. The number of methoxy groups -OCH3 is 1. The minimum atomic E-state index is 0.0912. The monoisotopic (exact) mass is 394 g/mol.